The molecule has 0 aliphatic rings. The van der Waals surface area contributed by atoms with Gasteiger partial charge in [-0.05, 0) is 0 Å². The van der Waals surface area contributed by atoms with Crippen molar-refractivity contribution in [2.75, 3.05) is 0 Å². The standard InChI is InChI=1S/C3H6O2.CHO.Ru/c1-2-3(4)5;1-2;/h2H2,1H3,(H,4,5);1H;. The van der Waals surface area contributed by atoms with Crippen molar-refractivity contribution in [3.8, 4) is 0 Å². The van der Waals surface area contributed by atoms with Crippen molar-refractivity contribution in [3.63, 3.8) is 0 Å². The summed E-state index contributed by atoms with van der Waals surface area (Å²) >= 11 is 1.83. The van der Waals surface area contributed by atoms with Crippen molar-refractivity contribution < 1.29 is 33.0 Å². The van der Waals surface area contributed by atoms with Crippen molar-refractivity contribution in [1.82, 2.24) is 0 Å². The summed E-state index contributed by atoms with van der Waals surface area (Å²) in [6.45, 7) is 1.60. The fraction of sp³-hybridized carbons (Fsp3) is 0.500. The van der Waals surface area contributed by atoms with Crippen LogP contribution in [0.2, 0.25) is 0 Å². The first-order valence-corrected chi connectivity index (χ1v) is 2.93. The zero-order valence-corrected chi connectivity index (χ0v) is 6.14. The van der Waals surface area contributed by atoms with Crippen molar-refractivity contribution in [1.29, 1.82) is 0 Å². The van der Waals surface area contributed by atoms with Crippen LogP contribution in [0.1, 0.15) is 13.3 Å². The summed E-state index contributed by atoms with van der Waals surface area (Å²) in [6, 6.07) is 0. The molecular formula is C4H7O3Ru. The van der Waals surface area contributed by atoms with Gasteiger partial charge in [0.15, 0.2) is 0 Å². The first-order chi connectivity index (χ1) is 3.68. The fourth-order valence-electron chi connectivity index (χ4n) is 0. The molecule has 49 valence electrons. The third-order valence-electron chi connectivity index (χ3n) is 0.302. The minimum absolute atomic E-state index is 0.222. The number of carbonyl (C=O) groups is 2. The minimum atomic E-state index is -0.745. The Hall–Kier alpha value is -0.237. The molecule has 0 aliphatic carbocycles. The predicted molar refractivity (Wildman–Crippen MR) is 24.7 cm³/mol. The van der Waals surface area contributed by atoms with E-state index in [1.54, 1.807) is 6.92 Å². The Morgan fingerprint density at radius 3 is 2.00 bits per heavy atom. The molecule has 0 aromatic heterocycles. The van der Waals surface area contributed by atoms with E-state index in [-0.39, 0.29) is 6.42 Å². The zero-order chi connectivity index (χ0) is 6.99. The van der Waals surface area contributed by atoms with Crippen LogP contribution in [0.4, 0.5) is 0 Å². The topological polar surface area (TPSA) is 54.4 Å². The maximum atomic E-state index is 9.37. The van der Waals surface area contributed by atoms with Gasteiger partial charge < -0.3 is 5.11 Å². The predicted octanol–water partition coefficient (Wildman–Crippen LogP) is 0.204. The van der Waals surface area contributed by atoms with Crippen LogP contribution in [0.5, 0.6) is 0 Å². The van der Waals surface area contributed by atoms with E-state index >= 15 is 0 Å². The molecule has 0 saturated heterocycles. The van der Waals surface area contributed by atoms with Crippen LogP contribution >= 0.6 is 0 Å². The van der Waals surface area contributed by atoms with Crippen LogP contribution in [0, 0.1) is 0 Å². The van der Waals surface area contributed by atoms with E-state index in [2.05, 4.69) is 0 Å². The molecule has 8 heavy (non-hydrogen) atoms. The summed E-state index contributed by atoms with van der Waals surface area (Å²) in [5, 5.41) is 7.72. The molecule has 0 amide bonds. The monoisotopic (exact) mass is 205 g/mol. The van der Waals surface area contributed by atoms with Gasteiger partial charge in [-0.2, -0.15) is 0 Å². The molecule has 0 fully saturated rings. The van der Waals surface area contributed by atoms with Gasteiger partial charge >= 0.3 is 33.9 Å². The van der Waals surface area contributed by atoms with E-state index in [1.165, 1.54) is 0 Å². The van der Waals surface area contributed by atoms with Crippen LogP contribution in [-0.4, -0.2) is 16.0 Å². The van der Waals surface area contributed by atoms with Gasteiger partial charge in [-0.15, -0.1) is 0 Å². The van der Waals surface area contributed by atoms with Crippen molar-refractivity contribution >= 4 is 10.8 Å². The Kier molecular flexibility index (Phi) is 13.2. The zero-order valence-electron chi connectivity index (χ0n) is 4.40. The van der Waals surface area contributed by atoms with Gasteiger partial charge in [0.05, 0.1) is 0 Å². The van der Waals surface area contributed by atoms with E-state index in [9.17, 15) is 4.79 Å². The summed E-state index contributed by atoms with van der Waals surface area (Å²) in [6.07, 6.45) is 0.222. The third kappa shape index (κ3) is 42.1. The van der Waals surface area contributed by atoms with Crippen LogP contribution < -0.4 is 0 Å². The number of aliphatic carboxylic acids is 1. The molecule has 4 heteroatoms. The molecule has 0 aliphatic heterocycles. The third-order valence-corrected chi connectivity index (χ3v) is 0.302. The number of rotatable bonds is 1. The van der Waals surface area contributed by atoms with Crippen molar-refractivity contribution in [3.05, 3.63) is 0 Å². The molecule has 1 N–H and O–H groups in total. The van der Waals surface area contributed by atoms with Crippen LogP contribution in [0.3, 0.4) is 0 Å². The van der Waals surface area contributed by atoms with Crippen LogP contribution in [-0.2, 0) is 27.9 Å². The van der Waals surface area contributed by atoms with Crippen molar-refractivity contribution in [2.45, 2.75) is 13.3 Å². The van der Waals surface area contributed by atoms with E-state index < -0.39 is 5.97 Å². The summed E-state index contributed by atoms with van der Waals surface area (Å²) in [5.74, 6) is -0.745. The van der Waals surface area contributed by atoms with Crippen molar-refractivity contribution in [2.24, 2.45) is 0 Å². The van der Waals surface area contributed by atoms with Gasteiger partial charge in [-0.25, -0.2) is 0 Å². The summed E-state index contributed by atoms with van der Waals surface area (Å²) in [5.41, 5.74) is 0. The SMILES string of the molecule is CCC(=O)O.O=[CH][Ru]. The van der Waals surface area contributed by atoms with Gasteiger partial charge in [-0.1, -0.05) is 6.92 Å². The van der Waals surface area contributed by atoms with Gasteiger partial charge in [0.1, 0.15) is 0 Å². The first kappa shape index (κ1) is 10.7. The Labute approximate surface area is 57.8 Å². The molecule has 0 spiro atoms. The van der Waals surface area contributed by atoms with Gasteiger partial charge in [-0.3, -0.25) is 4.79 Å². The van der Waals surface area contributed by atoms with Crippen LogP contribution in [0.15, 0.2) is 0 Å². The summed E-state index contributed by atoms with van der Waals surface area (Å²) < 4.78 is 0. The Morgan fingerprint density at radius 1 is 1.88 bits per heavy atom. The fourth-order valence-corrected chi connectivity index (χ4v) is 0. The number of hydrogen-bond donors (Lipinski definition) is 1. The molecule has 0 rings (SSSR count). The van der Waals surface area contributed by atoms with E-state index in [0.717, 1.165) is 0 Å². The molecule has 0 heterocycles. The molecule has 0 unspecified atom stereocenters. The molecule has 0 aromatic rings. The summed E-state index contributed by atoms with van der Waals surface area (Å²) in [4.78, 5) is 18.8. The first-order valence-electron chi connectivity index (χ1n) is 1.93. The van der Waals surface area contributed by atoms with Gasteiger partial charge in [0.25, 0.3) is 0 Å². The van der Waals surface area contributed by atoms with Gasteiger partial charge in [0, 0.05) is 6.42 Å². The normalized spacial score (nSPS) is 6.25. The molecule has 0 radical (unpaired) electrons. The second kappa shape index (κ2) is 9.90. The van der Waals surface area contributed by atoms with Gasteiger partial charge in [0.2, 0.25) is 0 Å². The second-order valence-electron chi connectivity index (χ2n) is 0.831. The second-order valence-corrected chi connectivity index (χ2v) is 1.24. The van der Waals surface area contributed by atoms with E-state index in [0.29, 0.717) is 4.88 Å². The number of carboxylic acid groups (broad SMARTS) is 1. The quantitative estimate of drug-likeness (QED) is 0.490. The molecular weight excluding hydrogens is 197 g/mol. The molecule has 0 saturated carbocycles. The maximum absolute atomic E-state index is 9.37. The van der Waals surface area contributed by atoms with E-state index in [4.69, 9.17) is 9.90 Å². The number of hydrogen-bond acceptors (Lipinski definition) is 2. The molecule has 3 nitrogen and oxygen atoms in total. The Bertz CT molecular complexity index is 71.7. The number of carbonyl (C=O) groups excluding carboxylic acids is 1. The molecule has 0 aromatic carbocycles. The molecule has 0 atom stereocenters. The summed E-state index contributed by atoms with van der Waals surface area (Å²) in [7, 11) is 0. The average molecular weight is 204 g/mol. The van der Waals surface area contributed by atoms with Crippen LogP contribution in [0.25, 0.3) is 0 Å². The Morgan fingerprint density at radius 2 is 2.00 bits per heavy atom. The number of carboxylic acids is 1. The molecule has 0 bridgehead atoms. The average Bonchev–Trinajstić information content (AvgIpc) is 1.69. The van der Waals surface area contributed by atoms with E-state index in [1.807, 2.05) is 18.3 Å². The Balaban J connectivity index is 0.